The highest BCUT2D eigenvalue weighted by Crippen LogP contribution is 2.40. The van der Waals surface area contributed by atoms with Crippen molar-refractivity contribution in [2.75, 3.05) is 6.61 Å². The van der Waals surface area contributed by atoms with Gasteiger partial charge < -0.3 is 9.84 Å². The molecule has 0 bridgehead atoms. The SMILES string of the molecule is CCOc1c(Cl)cc2c(c1C(C)O)CCCC2. The molecule has 0 aliphatic heterocycles. The average molecular weight is 255 g/mol. The number of rotatable bonds is 3. The van der Waals surface area contributed by atoms with Crippen molar-refractivity contribution in [2.24, 2.45) is 0 Å². The summed E-state index contributed by atoms with van der Waals surface area (Å²) >= 11 is 6.25. The van der Waals surface area contributed by atoms with Gasteiger partial charge in [-0.05, 0) is 56.7 Å². The number of benzene rings is 1. The predicted octanol–water partition coefficient (Wildman–Crippen LogP) is 3.67. The van der Waals surface area contributed by atoms with Gasteiger partial charge in [-0.15, -0.1) is 0 Å². The second kappa shape index (κ2) is 5.28. The van der Waals surface area contributed by atoms with Crippen molar-refractivity contribution in [3.8, 4) is 5.75 Å². The number of ether oxygens (including phenoxy) is 1. The summed E-state index contributed by atoms with van der Waals surface area (Å²) in [6.45, 7) is 4.28. The first-order chi connectivity index (χ1) is 8.15. The van der Waals surface area contributed by atoms with E-state index in [9.17, 15) is 5.11 Å². The van der Waals surface area contributed by atoms with Crippen LogP contribution in [0.5, 0.6) is 5.75 Å². The first-order valence-electron chi connectivity index (χ1n) is 6.30. The fourth-order valence-corrected chi connectivity index (χ4v) is 2.90. The molecular formula is C14H19ClO2. The van der Waals surface area contributed by atoms with E-state index in [0.29, 0.717) is 17.4 Å². The molecule has 1 aromatic carbocycles. The van der Waals surface area contributed by atoms with Gasteiger partial charge in [-0.3, -0.25) is 0 Å². The van der Waals surface area contributed by atoms with Crippen LogP contribution in [-0.4, -0.2) is 11.7 Å². The van der Waals surface area contributed by atoms with Gasteiger partial charge in [0.15, 0.2) is 0 Å². The lowest BCUT2D eigenvalue weighted by atomic mass is 9.86. The van der Waals surface area contributed by atoms with Crippen molar-refractivity contribution in [1.29, 1.82) is 0 Å². The summed E-state index contributed by atoms with van der Waals surface area (Å²) in [6.07, 6.45) is 3.94. The normalized spacial score (nSPS) is 16.5. The van der Waals surface area contributed by atoms with E-state index in [4.69, 9.17) is 16.3 Å². The second-order valence-electron chi connectivity index (χ2n) is 4.55. The summed E-state index contributed by atoms with van der Waals surface area (Å²) in [4.78, 5) is 0. The molecule has 17 heavy (non-hydrogen) atoms. The highest BCUT2D eigenvalue weighted by atomic mass is 35.5. The lowest BCUT2D eigenvalue weighted by Crippen LogP contribution is -2.11. The summed E-state index contributed by atoms with van der Waals surface area (Å²) in [5.74, 6) is 0.671. The van der Waals surface area contributed by atoms with Crippen molar-refractivity contribution in [3.05, 3.63) is 27.8 Å². The van der Waals surface area contributed by atoms with Crippen molar-refractivity contribution in [3.63, 3.8) is 0 Å². The Balaban J connectivity index is 2.58. The molecule has 1 unspecified atom stereocenters. The molecule has 2 rings (SSSR count). The lowest BCUT2D eigenvalue weighted by molar-refractivity contribution is 0.190. The van der Waals surface area contributed by atoms with Gasteiger partial charge in [0.1, 0.15) is 5.75 Å². The Kier molecular flexibility index (Phi) is 3.95. The monoisotopic (exact) mass is 254 g/mol. The Morgan fingerprint density at radius 3 is 2.76 bits per heavy atom. The molecule has 0 saturated heterocycles. The number of hydrogen-bond donors (Lipinski definition) is 1. The van der Waals surface area contributed by atoms with Crippen LogP contribution < -0.4 is 4.74 Å². The molecule has 0 saturated carbocycles. The van der Waals surface area contributed by atoms with Gasteiger partial charge in [0, 0.05) is 5.56 Å². The van der Waals surface area contributed by atoms with Crippen molar-refractivity contribution in [2.45, 2.75) is 45.6 Å². The zero-order chi connectivity index (χ0) is 12.4. The van der Waals surface area contributed by atoms with Crippen molar-refractivity contribution in [1.82, 2.24) is 0 Å². The Labute approximate surface area is 108 Å². The maximum absolute atomic E-state index is 9.97. The van der Waals surface area contributed by atoms with E-state index in [1.807, 2.05) is 13.0 Å². The maximum atomic E-state index is 9.97. The summed E-state index contributed by atoms with van der Waals surface area (Å²) < 4.78 is 5.60. The highest BCUT2D eigenvalue weighted by Gasteiger charge is 2.23. The van der Waals surface area contributed by atoms with Crippen LogP contribution >= 0.6 is 11.6 Å². The standard InChI is InChI=1S/C14H19ClO2/c1-3-17-14-12(15)8-10-6-4-5-7-11(10)13(14)9(2)16/h8-9,16H,3-7H2,1-2H3. The first kappa shape index (κ1) is 12.7. The number of fused-ring (bicyclic) bond motifs is 1. The van der Waals surface area contributed by atoms with Crippen LogP contribution in [0.4, 0.5) is 0 Å². The molecule has 0 amide bonds. The number of aliphatic hydroxyl groups excluding tert-OH is 1. The van der Waals surface area contributed by atoms with E-state index in [1.165, 1.54) is 24.0 Å². The van der Waals surface area contributed by atoms with E-state index in [2.05, 4.69) is 0 Å². The smallest absolute Gasteiger partial charge is 0.143 e. The van der Waals surface area contributed by atoms with Crippen LogP contribution in [-0.2, 0) is 12.8 Å². The zero-order valence-electron chi connectivity index (χ0n) is 10.4. The van der Waals surface area contributed by atoms with E-state index in [0.717, 1.165) is 18.4 Å². The first-order valence-corrected chi connectivity index (χ1v) is 6.68. The molecule has 0 fully saturated rings. The Bertz CT molecular complexity index is 413. The summed E-state index contributed by atoms with van der Waals surface area (Å²) in [5.41, 5.74) is 3.42. The third-order valence-corrected chi connectivity index (χ3v) is 3.59. The molecule has 94 valence electrons. The maximum Gasteiger partial charge on any atom is 0.143 e. The van der Waals surface area contributed by atoms with Gasteiger partial charge in [-0.2, -0.15) is 0 Å². The molecular weight excluding hydrogens is 236 g/mol. The second-order valence-corrected chi connectivity index (χ2v) is 4.96. The van der Waals surface area contributed by atoms with E-state index >= 15 is 0 Å². The number of halogens is 1. The summed E-state index contributed by atoms with van der Waals surface area (Å²) in [7, 11) is 0. The molecule has 0 aromatic heterocycles. The van der Waals surface area contributed by atoms with E-state index < -0.39 is 6.10 Å². The van der Waals surface area contributed by atoms with Gasteiger partial charge in [0.25, 0.3) is 0 Å². The Hall–Kier alpha value is -0.730. The largest absolute Gasteiger partial charge is 0.492 e. The average Bonchev–Trinajstić information content (AvgIpc) is 2.29. The number of hydrogen-bond acceptors (Lipinski definition) is 2. The van der Waals surface area contributed by atoms with Gasteiger partial charge in [0.2, 0.25) is 0 Å². The van der Waals surface area contributed by atoms with Gasteiger partial charge in [0.05, 0.1) is 17.7 Å². The van der Waals surface area contributed by atoms with Crippen LogP contribution in [0, 0.1) is 0 Å². The van der Waals surface area contributed by atoms with Crippen LogP contribution in [0.15, 0.2) is 6.07 Å². The Morgan fingerprint density at radius 2 is 2.12 bits per heavy atom. The fraction of sp³-hybridized carbons (Fsp3) is 0.571. The van der Waals surface area contributed by atoms with Crippen LogP contribution in [0.3, 0.4) is 0 Å². The van der Waals surface area contributed by atoms with Crippen LogP contribution in [0.25, 0.3) is 0 Å². The van der Waals surface area contributed by atoms with Gasteiger partial charge in [-0.25, -0.2) is 0 Å². The summed E-state index contributed by atoms with van der Waals surface area (Å²) in [6, 6.07) is 2.01. The molecule has 1 atom stereocenters. The number of aryl methyl sites for hydroxylation is 1. The summed E-state index contributed by atoms with van der Waals surface area (Å²) in [5, 5.41) is 10.6. The third kappa shape index (κ3) is 2.43. The molecule has 1 aromatic rings. The molecule has 3 heteroatoms. The molecule has 0 radical (unpaired) electrons. The van der Waals surface area contributed by atoms with E-state index in [-0.39, 0.29) is 0 Å². The van der Waals surface area contributed by atoms with Crippen molar-refractivity contribution >= 4 is 11.6 Å². The molecule has 1 aliphatic carbocycles. The molecule has 0 heterocycles. The van der Waals surface area contributed by atoms with Gasteiger partial charge >= 0.3 is 0 Å². The van der Waals surface area contributed by atoms with Crippen molar-refractivity contribution < 1.29 is 9.84 Å². The quantitative estimate of drug-likeness (QED) is 0.892. The fourth-order valence-electron chi connectivity index (χ4n) is 2.61. The third-order valence-electron chi connectivity index (χ3n) is 3.30. The predicted molar refractivity (Wildman–Crippen MR) is 69.9 cm³/mol. The minimum Gasteiger partial charge on any atom is -0.492 e. The number of aliphatic hydroxyl groups is 1. The molecule has 2 nitrogen and oxygen atoms in total. The Morgan fingerprint density at radius 1 is 1.41 bits per heavy atom. The minimum absolute atomic E-state index is 0.526. The van der Waals surface area contributed by atoms with Crippen LogP contribution in [0.2, 0.25) is 5.02 Å². The highest BCUT2D eigenvalue weighted by molar-refractivity contribution is 6.32. The van der Waals surface area contributed by atoms with Crippen LogP contribution in [0.1, 0.15) is 49.5 Å². The lowest BCUT2D eigenvalue weighted by Gasteiger charge is -2.24. The zero-order valence-corrected chi connectivity index (χ0v) is 11.2. The molecule has 1 aliphatic rings. The molecule has 0 spiro atoms. The minimum atomic E-state index is -0.526. The van der Waals surface area contributed by atoms with Gasteiger partial charge in [-0.1, -0.05) is 11.6 Å². The topological polar surface area (TPSA) is 29.5 Å². The molecule has 1 N–H and O–H groups in total. The van der Waals surface area contributed by atoms with E-state index in [1.54, 1.807) is 6.92 Å².